The zero-order valence-electron chi connectivity index (χ0n) is 13.8. The van der Waals surface area contributed by atoms with E-state index in [-0.39, 0.29) is 11.6 Å². The van der Waals surface area contributed by atoms with Crippen LogP contribution in [0, 0.1) is 0 Å². The average Bonchev–Trinajstić information content (AvgIpc) is 3.33. The van der Waals surface area contributed by atoms with Crippen molar-refractivity contribution in [3.8, 4) is 0 Å². The van der Waals surface area contributed by atoms with Gasteiger partial charge in [0.2, 0.25) is 0 Å². The summed E-state index contributed by atoms with van der Waals surface area (Å²) in [7, 11) is 0. The second kappa shape index (κ2) is 6.81. The summed E-state index contributed by atoms with van der Waals surface area (Å²) in [5.74, 6) is 0.767. The molecule has 1 spiro atoms. The lowest BCUT2D eigenvalue weighted by atomic mass is 10.0. The van der Waals surface area contributed by atoms with Crippen LogP contribution < -0.4 is 10.2 Å². The van der Waals surface area contributed by atoms with Crippen molar-refractivity contribution in [2.45, 2.75) is 25.2 Å². The molecule has 8 nitrogen and oxygen atoms in total. The van der Waals surface area contributed by atoms with Crippen molar-refractivity contribution in [3.63, 3.8) is 0 Å². The topological polar surface area (TPSA) is 89.7 Å². The van der Waals surface area contributed by atoms with E-state index in [1.807, 2.05) is 0 Å². The highest BCUT2D eigenvalue weighted by Crippen LogP contribution is 2.32. The van der Waals surface area contributed by atoms with Gasteiger partial charge in [0.1, 0.15) is 17.3 Å². The predicted octanol–water partition coefficient (Wildman–Crippen LogP) is 1.34. The summed E-state index contributed by atoms with van der Waals surface area (Å²) in [6.45, 7) is 3.24. The molecule has 0 aliphatic carbocycles. The number of hydrogen-bond acceptors (Lipinski definition) is 7. The number of furan rings is 1. The van der Waals surface area contributed by atoms with E-state index >= 15 is 0 Å². The number of aromatic nitrogens is 2. The molecule has 0 aromatic carbocycles. The molecule has 132 valence electrons. The number of rotatable bonds is 4. The molecule has 25 heavy (non-hydrogen) atoms. The molecule has 0 saturated carbocycles. The number of anilines is 1. The first-order chi connectivity index (χ1) is 12.2. The molecular weight excluding hydrogens is 324 g/mol. The number of nitrogens with zero attached hydrogens (tertiary/aromatic N) is 3. The van der Waals surface area contributed by atoms with Gasteiger partial charge < -0.3 is 24.1 Å². The van der Waals surface area contributed by atoms with Gasteiger partial charge in [0, 0.05) is 25.9 Å². The molecule has 2 aliphatic rings. The highest BCUT2D eigenvalue weighted by Gasteiger charge is 2.40. The van der Waals surface area contributed by atoms with E-state index in [1.165, 1.54) is 6.20 Å². The van der Waals surface area contributed by atoms with Crippen molar-refractivity contribution >= 4 is 11.7 Å². The van der Waals surface area contributed by atoms with Gasteiger partial charge in [-0.2, -0.15) is 0 Å². The summed E-state index contributed by atoms with van der Waals surface area (Å²) in [5.41, 5.74) is 0.284. The summed E-state index contributed by atoms with van der Waals surface area (Å²) in [5, 5.41) is 2.75. The number of amides is 1. The quantitative estimate of drug-likeness (QED) is 0.895. The molecule has 4 heterocycles. The van der Waals surface area contributed by atoms with Crippen LogP contribution in [0.25, 0.3) is 0 Å². The fourth-order valence-electron chi connectivity index (χ4n) is 3.14. The zero-order valence-corrected chi connectivity index (χ0v) is 13.8. The van der Waals surface area contributed by atoms with Gasteiger partial charge in [-0.3, -0.25) is 4.79 Å². The minimum atomic E-state index is -0.407. The third kappa shape index (κ3) is 3.49. The fraction of sp³-hybridized carbons (Fsp3) is 0.471. The van der Waals surface area contributed by atoms with Crippen molar-refractivity contribution < 1.29 is 18.7 Å². The van der Waals surface area contributed by atoms with Gasteiger partial charge in [0.05, 0.1) is 38.4 Å². The molecule has 1 N–H and O–H groups in total. The minimum absolute atomic E-state index is 0.277. The summed E-state index contributed by atoms with van der Waals surface area (Å²) in [6.07, 6.45) is 6.32. The van der Waals surface area contributed by atoms with Crippen molar-refractivity contribution in [2.75, 3.05) is 31.2 Å². The van der Waals surface area contributed by atoms with Crippen molar-refractivity contribution in [1.29, 1.82) is 0 Å². The Kier molecular flexibility index (Phi) is 4.37. The van der Waals surface area contributed by atoms with E-state index < -0.39 is 5.79 Å². The third-order valence-electron chi connectivity index (χ3n) is 4.54. The monoisotopic (exact) mass is 344 g/mol. The van der Waals surface area contributed by atoms with Gasteiger partial charge >= 0.3 is 0 Å². The largest absolute Gasteiger partial charge is 0.467 e. The number of ether oxygens (including phenoxy) is 2. The van der Waals surface area contributed by atoms with E-state index in [9.17, 15) is 4.79 Å². The van der Waals surface area contributed by atoms with Crippen LogP contribution in [0.3, 0.4) is 0 Å². The average molecular weight is 344 g/mol. The minimum Gasteiger partial charge on any atom is -0.467 e. The molecule has 1 amide bonds. The SMILES string of the molecule is O=C(NCc1ccco1)c1cnc(N2CCC3(CC2)OCCO3)cn1. The Hall–Kier alpha value is -2.45. The van der Waals surface area contributed by atoms with Crippen LogP contribution in [-0.2, 0) is 16.0 Å². The summed E-state index contributed by atoms with van der Waals surface area (Å²) < 4.78 is 16.6. The molecule has 2 aliphatic heterocycles. The van der Waals surface area contributed by atoms with Crippen LogP contribution in [-0.4, -0.2) is 48.0 Å². The van der Waals surface area contributed by atoms with Crippen LogP contribution in [0.15, 0.2) is 35.2 Å². The lowest BCUT2D eigenvalue weighted by Crippen LogP contribution is -2.45. The van der Waals surface area contributed by atoms with E-state index in [0.29, 0.717) is 25.5 Å². The first-order valence-electron chi connectivity index (χ1n) is 8.40. The van der Waals surface area contributed by atoms with Crippen molar-refractivity contribution in [1.82, 2.24) is 15.3 Å². The molecule has 0 atom stereocenters. The standard InChI is InChI=1S/C17H20N4O4/c22-16(20-10-13-2-1-7-23-13)14-11-19-15(12-18-14)21-5-3-17(4-6-21)24-8-9-25-17/h1-2,7,11-12H,3-6,8-10H2,(H,20,22). The fourth-order valence-corrected chi connectivity index (χ4v) is 3.14. The van der Waals surface area contributed by atoms with Gasteiger partial charge in [0.15, 0.2) is 5.79 Å². The van der Waals surface area contributed by atoms with Crippen LogP contribution in [0.4, 0.5) is 5.82 Å². The molecule has 2 aromatic rings. The number of hydrogen-bond donors (Lipinski definition) is 1. The number of piperidine rings is 1. The lowest BCUT2D eigenvalue weighted by Gasteiger charge is -2.37. The molecule has 0 unspecified atom stereocenters. The first-order valence-corrected chi connectivity index (χ1v) is 8.40. The highest BCUT2D eigenvalue weighted by molar-refractivity contribution is 5.91. The van der Waals surface area contributed by atoms with Crippen LogP contribution in [0.2, 0.25) is 0 Å². The van der Waals surface area contributed by atoms with Gasteiger partial charge in [-0.25, -0.2) is 9.97 Å². The second-order valence-electron chi connectivity index (χ2n) is 6.12. The van der Waals surface area contributed by atoms with Crippen LogP contribution in [0.5, 0.6) is 0 Å². The maximum atomic E-state index is 12.1. The Bertz CT molecular complexity index is 701. The van der Waals surface area contributed by atoms with Crippen molar-refractivity contribution in [2.24, 2.45) is 0 Å². The molecule has 0 radical (unpaired) electrons. The number of carbonyl (C=O) groups excluding carboxylic acids is 1. The maximum Gasteiger partial charge on any atom is 0.271 e. The summed E-state index contributed by atoms with van der Waals surface area (Å²) >= 11 is 0. The number of nitrogens with one attached hydrogen (secondary N) is 1. The first kappa shape index (κ1) is 16.0. The van der Waals surface area contributed by atoms with E-state index in [4.69, 9.17) is 13.9 Å². The molecule has 2 fully saturated rings. The Labute approximate surface area is 145 Å². The van der Waals surface area contributed by atoms with E-state index in [1.54, 1.807) is 24.6 Å². The van der Waals surface area contributed by atoms with Gasteiger partial charge in [0.25, 0.3) is 5.91 Å². The third-order valence-corrected chi connectivity index (χ3v) is 4.54. The second-order valence-corrected chi connectivity index (χ2v) is 6.12. The molecular formula is C17H20N4O4. The van der Waals surface area contributed by atoms with E-state index in [2.05, 4.69) is 20.2 Å². The molecule has 0 bridgehead atoms. The predicted molar refractivity (Wildman–Crippen MR) is 88.0 cm³/mol. The number of carbonyl (C=O) groups is 1. The zero-order chi connectivity index (χ0) is 17.1. The van der Waals surface area contributed by atoms with Gasteiger partial charge in [-0.15, -0.1) is 0 Å². The Morgan fingerprint density at radius 2 is 2.00 bits per heavy atom. The lowest BCUT2D eigenvalue weighted by molar-refractivity contribution is -0.169. The molecule has 2 saturated heterocycles. The summed E-state index contributed by atoms with van der Waals surface area (Å²) in [4.78, 5) is 22.8. The van der Waals surface area contributed by atoms with E-state index in [0.717, 1.165) is 31.7 Å². The van der Waals surface area contributed by atoms with Crippen LogP contribution in [0.1, 0.15) is 29.1 Å². The Morgan fingerprint density at radius 1 is 1.20 bits per heavy atom. The Balaban J connectivity index is 1.33. The van der Waals surface area contributed by atoms with Crippen molar-refractivity contribution in [3.05, 3.63) is 42.2 Å². The smallest absolute Gasteiger partial charge is 0.271 e. The maximum absolute atomic E-state index is 12.1. The summed E-state index contributed by atoms with van der Waals surface area (Å²) in [6, 6.07) is 3.58. The normalized spacial score (nSPS) is 19.3. The molecule has 8 heteroatoms. The Morgan fingerprint density at radius 3 is 2.64 bits per heavy atom. The molecule has 2 aromatic heterocycles. The van der Waals surface area contributed by atoms with Gasteiger partial charge in [-0.05, 0) is 12.1 Å². The van der Waals surface area contributed by atoms with Crippen LogP contribution >= 0.6 is 0 Å². The molecule has 4 rings (SSSR count). The highest BCUT2D eigenvalue weighted by atomic mass is 16.7. The van der Waals surface area contributed by atoms with Gasteiger partial charge in [-0.1, -0.05) is 0 Å².